The van der Waals surface area contributed by atoms with E-state index in [4.69, 9.17) is 4.74 Å². The highest BCUT2D eigenvalue weighted by atomic mass is 16.5. The summed E-state index contributed by atoms with van der Waals surface area (Å²) in [5.74, 6) is 0.834. The van der Waals surface area contributed by atoms with Gasteiger partial charge in [0.05, 0.1) is 5.69 Å². The lowest BCUT2D eigenvalue weighted by molar-refractivity contribution is 0.299. The highest BCUT2D eigenvalue weighted by Crippen LogP contribution is 2.21. The van der Waals surface area contributed by atoms with Crippen molar-refractivity contribution in [1.29, 1.82) is 0 Å². The molecule has 112 valence electrons. The first kappa shape index (κ1) is 14.3. The maximum absolute atomic E-state index is 5.80. The maximum atomic E-state index is 5.80. The summed E-state index contributed by atoms with van der Waals surface area (Å²) in [6.07, 6.45) is 3.87. The van der Waals surface area contributed by atoms with Crippen LogP contribution in [0.15, 0.2) is 48.8 Å². The Kier molecular flexibility index (Phi) is 3.92. The molecule has 3 rings (SSSR count). The third-order valence-electron chi connectivity index (χ3n) is 3.55. The van der Waals surface area contributed by atoms with Crippen molar-refractivity contribution in [2.75, 3.05) is 0 Å². The van der Waals surface area contributed by atoms with Gasteiger partial charge in [-0.15, -0.1) is 0 Å². The summed E-state index contributed by atoms with van der Waals surface area (Å²) in [5.41, 5.74) is 5.32. The Hall–Kier alpha value is -2.62. The molecule has 0 saturated heterocycles. The van der Waals surface area contributed by atoms with E-state index in [2.05, 4.69) is 16.1 Å². The molecule has 0 unspecified atom stereocenters. The second-order valence-electron chi connectivity index (χ2n) is 5.47. The molecule has 0 N–H and O–H groups in total. The molecule has 0 aliphatic rings. The molecule has 0 saturated carbocycles. The summed E-state index contributed by atoms with van der Waals surface area (Å²) in [6, 6.07) is 12.1. The van der Waals surface area contributed by atoms with Gasteiger partial charge >= 0.3 is 0 Å². The molecule has 3 aromatic rings. The van der Waals surface area contributed by atoms with E-state index in [1.807, 2.05) is 63.6 Å². The van der Waals surface area contributed by atoms with Crippen LogP contribution in [0.3, 0.4) is 0 Å². The van der Waals surface area contributed by atoms with Crippen LogP contribution in [0.25, 0.3) is 11.3 Å². The Morgan fingerprint density at radius 2 is 1.82 bits per heavy atom. The molecule has 0 fully saturated rings. The Morgan fingerprint density at radius 1 is 1.05 bits per heavy atom. The first-order valence-corrected chi connectivity index (χ1v) is 7.27. The lowest BCUT2D eigenvalue weighted by Gasteiger charge is -2.06. The standard InChI is InChI=1S/C18H19N3O/c1-13-4-9-17(19-10-13)15-5-7-16(8-6-15)22-12-18-14(2)11-21(3)20-18/h4-11H,12H2,1-3H3. The van der Waals surface area contributed by atoms with Crippen LogP contribution in [0.5, 0.6) is 5.75 Å². The van der Waals surface area contributed by atoms with Gasteiger partial charge in [-0.3, -0.25) is 9.67 Å². The molecule has 2 aromatic heterocycles. The predicted molar refractivity (Wildman–Crippen MR) is 86.7 cm³/mol. The van der Waals surface area contributed by atoms with Crippen LogP contribution in [0.1, 0.15) is 16.8 Å². The Bertz CT molecular complexity index is 758. The maximum Gasteiger partial charge on any atom is 0.132 e. The van der Waals surface area contributed by atoms with Crippen LogP contribution < -0.4 is 4.74 Å². The first-order valence-electron chi connectivity index (χ1n) is 7.27. The van der Waals surface area contributed by atoms with Gasteiger partial charge in [0.2, 0.25) is 0 Å². The zero-order valence-corrected chi connectivity index (χ0v) is 13.1. The Balaban J connectivity index is 1.69. The molecular weight excluding hydrogens is 274 g/mol. The van der Waals surface area contributed by atoms with E-state index in [0.29, 0.717) is 6.61 Å². The molecule has 22 heavy (non-hydrogen) atoms. The Labute approximate surface area is 130 Å². The van der Waals surface area contributed by atoms with Crippen molar-refractivity contribution in [1.82, 2.24) is 14.8 Å². The van der Waals surface area contributed by atoms with E-state index in [0.717, 1.165) is 33.8 Å². The van der Waals surface area contributed by atoms with E-state index in [9.17, 15) is 0 Å². The number of pyridine rings is 1. The van der Waals surface area contributed by atoms with Gasteiger partial charge in [0.25, 0.3) is 0 Å². The molecule has 0 spiro atoms. The van der Waals surface area contributed by atoms with Gasteiger partial charge in [-0.2, -0.15) is 5.10 Å². The molecular formula is C18H19N3O. The van der Waals surface area contributed by atoms with Gasteiger partial charge in [-0.05, 0) is 55.3 Å². The van der Waals surface area contributed by atoms with Crippen molar-refractivity contribution >= 4 is 0 Å². The van der Waals surface area contributed by atoms with Crippen LogP contribution in [0.4, 0.5) is 0 Å². The third-order valence-corrected chi connectivity index (χ3v) is 3.55. The average Bonchev–Trinajstić information content (AvgIpc) is 2.84. The molecule has 0 radical (unpaired) electrons. The minimum atomic E-state index is 0.481. The monoisotopic (exact) mass is 293 g/mol. The number of ether oxygens (including phenoxy) is 1. The van der Waals surface area contributed by atoms with Crippen molar-refractivity contribution in [2.24, 2.45) is 7.05 Å². The fourth-order valence-corrected chi connectivity index (χ4v) is 2.31. The van der Waals surface area contributed by atoms with Gasteiger partial charge in [-0.1, -0.05) is 6.07 Å². The largest absolute Gasteiger partial charge is 0.487 e. The SMILES string of the molecule is Cc1ccc(-c2ccc(OCc3nn(C)cc3C)cc2)nc1. The van der Waals surface area contributed by atoms with Crippen molar-refractivity contribution < 1.29 is 4.74 Å². The summed E-state index contributed by atoms with van der Waals surface area (Å²) in [5, 5.41) is 4.38. The predicted octanol–water partition coefficient (Wildman–Crippen LogP) is 3.68. The number of rotatable bonds is 4. The van der Waals surface area contributed by atoms with Crippen LogP contribution in [0, 0.1) is 13.8 Å². The smallest absolute Gasteiger partial charge is 0.132 e. The highest BCUT2D eigenvalue weighted by Gasteiger charge is 2.05. The van der Waals surface area contributed by atoms with Crippen molar-refractivity contribution in [3.63, 3.8) is 0 Å². The molecule has 0 bridgehead atoms. The quantitative estimate of drug-likeness (QED) is 0.736. The fraction of sp³-hybridized carbons (Fsp3) is 0.222. The summed E-state index contributed by atoms with van der Waals surface area (Å²) in [4.78, 5) is 4.43. The second-order valence-corrected chi connectivity index (χ2v) is 5.47. The number of hydrogen-bond donors (Lipinski definition) is 0. The van der Waals surface area contributed by atoms with Gasteiger partial charge in [0.15, 0.2) is 0 Å². The normalized spacial score (nSPS) is 10.7. The van der Waals surface area contributed by atoms with Gasteiger partial charge in [0, 0.05) is 25.0 Å². The molecule has 0 amide bonds. The second kappa shape index (κ2) is 6.02. The van der Waals surface area contributed by atoms with Crippen molar-refractivity contribution in [3.8, 4) is 17.0 Å². The number of aryl methyl sites for hydroxylation is 3. The number of aromatic nitrogens is 3. The number of hydrogen-bond acceptors (Lipinski definition) is 3. The van der Waals surface area contributed by atoms with Crippen molar-refractivity contribution in [2.45, 2.75) is 20.5 Å². The van der Waals surface area contributed by atoms with Gasteiger partial charge in [-0.25, -0.2) is 0 Å². The van der Waals surface area contributed by atoms with Crippen LogP contribution in [-0.4, -0.2) is 14.8 Å². The summed E-state index contributed by atoms with van der Waals surface area (Å²) >= 11 is 0. The molecule has 0 aliphatic carbocycles. The fourth-order valence-electron chi connectivity index (χ4n) is 2.31. The minimum Gasteiger partial charge on any atom is -0.487 e. The summed E-state index contributed by atoms with van der Waals surface area (Å²) in [7, 11) is 1.92. The van der Waals surface area contributed by atoms with Gasteiger partial charge in [0.1, 0.15) is 18.1 Å². The van der Waals surface area contributed by atoms with Gasteiger partial charge < -0.3 is 4.74 Å². The lowest BCUT2D eigenvalue weighted by Crippen LogP contribution is -1.99. The van der Waals surface area contributed by atoms with Crippen LogP contribution in [-0.2, 0) is 13.7 Å². The number of benzene rings is 1. The minimum absolute atomic E-state index is 0.481. The van der Waals surface area contributed by atoms with Crippen LogP contribution in [0.2, 0.25) is 0 Å². The zero-order chi connectivity index (χ0) is 15.5. The molecule has 4 heteroatoms. The number of nitrogens with zero attached hydrogens (tertiary/aromatic N) is 3. The zero-order valence-electron chi connectivity index (χ0n) is 13.1. The van der Waals surface area contributed by atoms with E-state index >= 15 is 0 Å². The molecule has 0 aliphatic heterocycles. The van der Waals surface area contributed by atoms with E-state index in [-0.39, 0.29) is 0 Å². The van der Waals surface area contributed by atoms with Crippen molar-refractivity contribution in [3.05, 3.63) is 65.6 Å². The lowest BCUT2D eigenvalue weighted by atomic mass is 10.1. The third kappa shape index (κ3) is 3.17. The topological polar surface area (TPSA) is 39.9 Å². The molecule has 2 heterocycles. The van der Waals surface area contributed by atoms with E-state index < -0.39 is 0 Å². The van der Waals surface area contributed by atoms with Crippen LogP contribution >= 0.6 is 0 Å². The van der Waals surface area contributed by atoms with E-state index in [1.54, 1.807) is 4.68 Å². The Morgan fingerprint density at radius 3 is 2.41 bits per heavy atom. The molecule has 1 aromatic carbocycles. The average molecular weight is 293 g/mol. The first-order chi connectivity index (χ1) is 10.6. The molecule has 4 nitrogen and oxygen atoms in total. The van der Waals surface area contributed by atoms with E-state index in [1.165, 1.54) is 0 Å². The summed E-state index contributed by atoms with van der Waals surface area (Å²) in [6.45, 7) is 4.56. The molecule has 0 atom stereocenters. The summed E-state index contributed by atoms with van der Waals surface area (Å²) < 4.78 is 7.61. The highest BCUT2D eigenvalue weighted by molar-refractivity contribution is 5.60.